The minimum absolute atomic E-state index is 0.399. The highest BCUT2D eigenvalue weighted by atomic mass is 16.5. The van der Waals surface area contributed by atoms with E-state index in [4.69, 9.17) is 9.15 Å². The molecule has 4 heteroatoms. The number of hydrogen-bond donors (Lipinski definition) is 0. The van der Waals surface area contributed by atoms with Gasteiger partial charge in [0.05, 0.1) is 5.56 Å². The first kappa shape index (κ1) is 17.7. The molecular weight excluding hydrogens is 328 g/mol. The Morgan fingerprint density at radius 1 is 1.12 bits per heavy atom. The van der Waals surface area contributed by atoms with Crippen molar-refractivity contribution in [2.75, 3.05) is 0 Å². The minimum Gasteiger partial charge on any atom is -0.422 e. The zero-order valence-corrected chi connectivity index (χ0v) is 15.0. The molecule has 0 unspecified atom stereocenters. The standard InChI is InChI=1S/C22H20O4/c1-14(2)7-10-18-19(11-8-16-9-12-20(23)26-21(16)18)25-22(24)17-6-4-5-15(3)13-17/h4-9,11-13H,10H2,1-3H3. The van der Waals surface area contributed by atoms with Crippen LogP contribution in [0.3, 0.4) is 0 Å². The third kappa shape index (κ3) is 3.91. The van der Waals surface area contributed by atoms with Crippen LogP contribution in [0.4, 0.5) is 0 Å². The van der Waals surface area contributed by atoms with Gasteiger partial charge in [-0.15, -0.1) is 0 Å². The van der Waals surface area contributed by atoms with Crippen molar-refractivity contribution in [3.8, 4) is 5.75 Å². The van der Waals surface area contributed by atoms with E-state index < -0.39 is 11.6 Å². The molecule has 0 aliphatic rings. The lowest BCUT2D eigenvalue weighted by Crippen LogP contribution is -2.10. The monoisotopic (exact) mass is 348 g/mol. The Hall–Kier alpha value is -3.14. The fourth-order valence-corrected chi connectivity index (χ4v) is 2.70. The highest BCUT2D eigenvalue weighted by Crippen LogP contribution is 2.29. The van der Waals surface area contributed by atoms with E-state index in [0.717, 1.165) is 16.5 Å². The second kappa shape index (κ2) is 7.40. The first-order chi connectivity index (χ1) is 12.4. The van der Waals surface area contributed by atoms with Crippen LogP contribution in [0.25, 0.3) is 11.0 Å². The summed E-state index contributed by atoms with van der Waals surface area (Å²) >= 11 is 0. The van der Waals surface area contributed by atoms with E-state index in [0.29, 0.717) is 28.9 Å². The van der Waals surface area contributed by atoms with E-state index in [1.807, 2.05) is 39.0 Å². The van der Waals surface area contributed by atoms with Gasteiger partial charge in [-0.25, -0.2) is 9.59 Å². The second-order valence-electron chi connectivity index (χ2n) is 6.46. The van der Waals surface area contributed by atoms with Gasteiger partial charge in [0, 0.05) is 17.0 Å². The Morgan fingerprint density at radius 3 is 2.62 bits per heavy atom. The van der Waals surface area contributed by atoms with Crippen LogP contribution in [0.2, 0.25) is 0 Å². The summed E-state index contributed by atoms with van der Waals surface area (Å²) < 4.78 is 11.0. The van der Waals surface area contributed by atoms with Crippen LogP contribution >= 0.6 is 0 Å². The van der Waals surface area contributed by atoms with Crippen LogP contribution in [0, 0.1) is 6.92 Å². The van der Waals surface area contributed by atoms with E-state index in [1.165, 1.54) is 6.07 Å². The molecule has 0 amide bonds. The summed E-state index contributed by atoms with van der Waals surface area (Å²) in [6, 6.07) is 13.8. The number of rotatable bonds is 4. The van der Waals surface area contributed by atoms with Crippen molar-refractivity contribution in [2.45, 2.75) is 27.2 Å². The summed E-state index contributed by atoms with van der Waals surface area (Å²) in [5.74, 6) is -0.0411. The van der Waals surface area contributed by atoms with Crippen LogP contribution in [0.5, 0.6) is 5.75 Å². The van der Waals surface area contributed by atoms with Crippen LogP contribution in [0.1, 0.15) is 35.3 Å². The molecule has 0 bridgehead atoms. The number of carbonyl (C=O) groups excluding carboxylic acids is 1. The normalized spacial score (nSPS) is 10.6. The number of esters is 1. The van der Waals surface area contributed by atoms with Gasteiger partial charge in [-0.2, -0.15) is 0 Å². The number of aryl methyl sites for hydroxylation is 1. The topological polar surface area (TPSA) is 56.5 Å². The molecular formula is C22H20O4. The van der Waals surface area contributed by atoms with E-state index in [9.17, 15) is 9.59 Å². The summed E-state index contributed by atoms with van der Waals surface area (Å²) in [6.45, 7) is 5.89. The van der Waals surface area contributed by atoms with Gasteiger partial charge in [0.1, 0.15) is 11.3 Å². The zero-order chi connectivity index (χ0) is 18.7. The van der Waals surface area contributed by atoms with Gasteiger partial charge in [-0.3, -0.25) is 0 Å². The highest BCUT2D eigenvalue weighted by Gasteiger charge is 2.15. The van der Waals surface area contributed by atoms with Crippen molar-refractivity contribution in [1.82, 2.24) is 0 Å². The molecule has 0 saturated carbocycles. The van der Waals surface area contributed by atoms with Gasteiger partial charge in [0.2, 0.25) is 0 Å². The molecule has 26 heavy (non-hydrogen) atoms. The molecule has 1 heterocycles. The number of fused-ring (bicyclic) bond motifs is 1. The molecule has 0 radical (unpaired) electrons. The molecule has 0 aliphatic heterocycles. The molecule has 1 aromatic heterocycles. The van der Waals surface area contributed by atoms with E-state index in [-0.39, 0.29) is 0 Å². The van der Waals surface area contributed by atoms with Crippen molar-refractivity contribution < 1.29 is 13.9 Å². The average Bonchev–Trinajstić information content (AvgIpc) is 2.60. The highest BCUT2D eigenvalue weighted by molar-refractivity contribution is 5.92. The fourth-order valence-electron chi connectivity index (χ4n) is 2.70. The van der Waals surface area contributed by atoms with Crippen molar-refractivity contribution >= 4 is 16.9 Å². The lowest BCUT2D eigenvalue weighted by Gasteiger charge is -2.11. The largest absolute Gasteiger partial charge is 0.422 e. The van der Waals surface area contributed by atoms with Gasteiger partial charge in [-0.1, -0.05) is 29.3 Å². The Bertz CT molecular complexity index is 1050. The molecule has 0 N–H and O–H groups in total. The Labute approximate surface area is 151 Å². The Balaban J connectivity index is 2.06. The van der Waals surface area contributed by atoms with E-state index in [2.05, 4.69) is 0 Å². The molecule has 0 fully saturated rings. The van der Waals surface area contributed by atoms with E-state index in [1.54, 1.807) is 30.3 Å². The molecule has 0 saturated heterocycles. The lowest BCUT2D eigenvalue weighted by molar-refractivity contribution is 0.0733. The third-order valence-corrected chi connectivity index (χ3v) is 4.02. The van der Waals surface area contributed by atoms with Gasteiger partial charge >= 0.3 is 11.6 Å². The molecule has 3 rings (SSSR count). The fraction of sp³-hybridized carbons (Fsp3) is 0.182. The van der Waals surface area contributed by atoms with Gasteiger partial charge in [0.15, 0.2) is 0 Å². The quantitative estimate of drug-likeness (QED) is 0.293. The third-order valence-electron chi connectivity index (χ3n) is 4.02. The van der Waals surface area contributed by atoms with Crippen LogP contribution in [0.15, 0.2) is 69.4 Å². The Morgan fingerprint density at radius 2 is 1.88 bits per heavy atom. The maximum absolute atomic E-state index is 12.5. The van der Waals surface area contributed by atoms with Crippen molar-refractivity contribution in [3.05, 3.63) is 87.3 Å². The van der Waals surface area contributed by atoms with Crippen LogP contribution in [-0.2, 0) is 6.42 Å². The van der Waals surface area contributed by atoms with Crippen LogP contribution < -0.4 is 10.4 Å². The number of carbonyl (C=O) groups is 1. The van der Waals surface area contributed by atoms with Crippen molar-refractivity contribution in [1.29, 1.82) is 0 Å². The summed E-state index contributed by atoms with van der Waals surface area (Å²) in [4.78, 5) is 24.2. The lowest BCUT2D eigenvalue weighted by atomic mass is 10.1. The maximum Gasteiger partial charge on any atom is 0.343 e. The molecule has 0 atom stereocenters. The number of ether oxygens (including phenoxy) is 1. The van der Waals surface area contributed by atoms with Gasteiger partial charge in [0.25, 0.3) is 0 Å². The molecule has 132 valence electrons. The predicted molar refractivity (Wildman–Crippen MR) is 102 cm³/mol. The second-order valence-corrected chi connectivity index (χ2v) is 6.46. The first-order valence-corrected chi connectivity index (χ1v) is 8.42. The van der Waals surface area contributed by atoms with Crippen molar-refractivity contribution in [2.24, 2.45) is 0 Å². The summed E-state index contributed by atoms with van der Waals surface area (Å²) in [7, 11) is 0. The molecule has 0 spiro atoms. The zero-order valence-electron chi connectivity index (χ0n) is 15.0. The minimum atomic E-state index is -0.440. The molecule has 0 aliphatic carbocycles. The molecule has 3 aromatic rings. The number of benzene rings is 2. The first-order valence-electron chi connectivity index (χ1n) is 8.42. The molecule has 2 aromatic carbocycles. The molecule has 4 nitrogen and oxygen atoms in total. The van der Waals surface area contributed by atoms with Crippen molar-refractivity contribution in [3.63, 3.8) is 0 Å². The van der Waals surface area contributed by atoms with Gasteiger partial charge < -0.3 is 9.15 Å². The Kier molecular flexibility index (Phi) is 5.03. The summed E-state index contributed by atoms with van der Waals surface area (Å²) in [6.07, 6.45) is 2.51. The SMILES string of the molecule is CC(C)=CCc1c(OC(=O)c2cccc(C)c2)ccc2ccc(=O)oc12. The summed E-state index contributed by atoms with van der Waals surface area (Å²) in [5, 5.41) is 0.789. The average molecular weight is 348 g/mol. The number of hydrogen-bond acceptors (Lipinski definition) is 4. The predicted octanol–water partition coefficient (Wildman–Crippen LogP) is 4.83. The number of allylic oxidation sites excluding steroid dienone is 2. The smallest absolute Gasteiger partial charge is 0.343 e. The maximum atomic E-state index is 12.5. The van der Waals surface area contributed by atoms with E-state index >= 15 is 0 Å². The van der Waals surface area contributed by atoms with Gasteiger partial charge in [-0.05, 0) is 57.5 Å². The van der Waals surface area contributed by atoms with Crippen LogP contribution in [-0.4, -0.2) is 5.97 Å². The summed E-state index contributed by atoms with van der Waals surface area (Å²) in [5.41, 5.74) is 3.28.